The zero-order valence-electron chi connectivity index (χ0n) is 21.1. The van der Waals surface area contributed by atoms with Crippen molar-refractivity contribution in [3.05, 3.63) is 21.7 Å². The van der Waals surface area contributed by atoms with E-state index in [1.165, 1.54) is 0 Å². The molecule has 7 nitrogen and oxygen atoms in total. The van der Waals surface area contributed by atoms with Crippen LogP contribution in [0.2, 0.25) is 0 Å². The van der Waals surface area contributed by atoms with E-state index in [-0.39, 0.29) is 30.3 Å². The lowest BCUT2D eigenvalue weighted by Gasteiger charge is -2.34. The van der Waals surface area contributed by atoms with Crippen molar-refractivity contribution in [1.82, 2.24) is 4.98 Å². The van der Waals surface area contributed by atoms with E-state index in [4.69, 9.17) is 9.47 Å². The number of aromatic nitrogens is 1. The Hall–Kier alpha value is -1.61. The topological polar surface area (TPSA) is 109 Å². The van der Waals surface area contributed by atoms with E-state index in [1.807, 2.05) is 26.8 Å². The molecular weight excluding hydrogens is 454 g/mol. The fourth-order valence-electron chi connectivity index (χ4n) is 4.77. The number of carbonyl (C=O) groups excluding carboxylic acids is 2. The molecule has 0 unspecified atom stereocenters. The van der Waals surface area contributed by atoms with Crippen molar-refractivity contribution >= 4 is 29.2 Å². The van der Waals surface area contributed by atoms with Gasteiger partial charge in [-0.05, 0) is 44.3 Å². The second-order valence-electron chi connectivity index (χ2n) is 10.6. The van der Waals surface area contributed by atoms with Crippen molar-refractivity contribution in [2.75, 3.05) is 0 Å². The predicted molar refractivity (Wildman–Crippen MR) is 131 cm³/mol. The number of aliphatic hydroxyl groups is 2. The largest absolute Gasteiger partial charge is 0.458 e. The fraction of sp³-hybridized carbons (Fsp3) is 0.731. The molecule has 2 aliphatic rings. The smallest absolute Gasteiger partial charge is 0.309 e. The molecule has 1 aromatic heterocycles. The summed E-state index contributed by atoms with van der Waals surface area (Å²) in [6.45, 7) is 10.8. The Bertz CT molecular complexity index is 909. The van der Waals surface area contributed by atoms with Crippen LogP contribution in [0.4, 0.5) is 0 Å². The number of fused-ring (bicyclic) bond motifs is 1. The number of carbonyl (C=O) groups is 2. The molecule has 0 aromatic carbocycles. The second-order valence-corrected chi connectivity index (χ2v) is 11.9. The summed E-state index contributed by atoms with van der Waals surface area (Å²) in [5.74, 6) is -1.51. The van der Waals surface area contributed by atoms with E-state index in [0.717, 1.165) is 34.7 Å². The number of hydrogen-bond donors (Lipinski definition) is 2. The number of epoxide rings is 1. The number of hydrogen-bond acceptors (Lipinski definition) is 8. The van der Waals surface area contributed by atoms with Crippen LogP contribution >= 0.6 is 11.3 Å². The summed E-state index contributed by atoms with van der Waals surface area (Å²) in [6.07, 6.45) is 4.18. The van der Waals surface area contributed by atoms with E-state index in [2.05, 4.69) is 4.98 Å². The molecule has 0 saturated carbocycles. The van der Waals surface area contributed by atoms with Crippen LogP contribution in [0.3, 0.4) is 0 Å². The molecule has 3 rings (SSSR count). The zero-order chi connectivity index (χ0) is 25.2. The van der Waals surface area contributed by atoms with Crippen molar-refractivity contribution in [3.63, 3.8) is 0 Å². The number of aliphatic hydroxyl groups excluding tert-OH is 2. The standard InChI is InChI=1S/C26H39NO6S/c1-14-8-7-9-19-21(32-19)11-20(15(2)10-18-13-27-17(4)34-18)33-23(29)12-22(28)26(5,6)25(31)16(3)24(14)30/h10,13-14,16,19-22,24,28,30H,7-9,11-12H2,1-6H3/b15-10+/t14-,16-,19+,20-,21-,22+,24-/m0/s1. The molecule has 0 amide bonds. The Kier molecular flexibility index (Phi) is 8.71. The number of Topliss-reactive ketones (excluding diaryl/α,β-unsaturated/α-hetero) is 1. The third kappa shape index (κ3) is 6.53. The van der Waals surface area contributed by atoms with Crippen LogP contribution in [-0.2, 0) is 19.1 Å². The first-order chi connectivity index (χ1) is 15.9. The van der Waals surface area contributed by atoms with Crippen molar-refractivity contribution in [1.29, 1.82) is 0 Å². The Morgan fingerprint density at radius 1 is 1.21 bits per heavy atom. The lowest BCUT2D eigenvalue weighted by Crippen LogP contribution is -2.45. The number of ketones is 1. The molecule has 190 valence electrons. The molecule has 2 N–H and O–H groups in total. The maximum atomic E-state index is 13.2. The monoisotopic (exact) mass is 493 g/mol. The average molecular weight is 494 g/mol. The van der Waals surface area contributed by atoms with Crippen molar-refractivity contribution in [2.45, 2.75) is 104 Å². The maximum Gasteiger partial charge on any atom is 0.309 e. The summed E-state index contributed by atoms with van der Waals surface area (Å²) in [4.78, 5) is 31.3. The first-order valence-electron chi connectivity index (χ1n) is 12.3. The molecule has 7 atom stereocenters. The number of cyclic esters (lactones) is 1. The third-order valence-electron chi connectivity index (χ3n) is 7.41. The van der Waals surface area contributed by atoms with Gasteiger partial charge in [0.1, 0.15) is 11.9 Å². The summed E-state index contributed by atoms with van der Waals surface area (Å²) in [5.41, 5.74) is -0.302. The Balaban J connectivity index is 1.81. The quantitative estimate of drug-likeness (QED) is 0.472. The Morgan fingerprint density at radius 3 is 2.56 bits per heavy atom. The van der Waals surface area contributed by atoms with E-state index in [0.29, 0.717) is 6.42 Å². The molecule has 2 saturated heterocycles. The Labute approximate surface area is 206 Å². The Morgan fingerprint density at radius 2 is 1.91 bits per heavy atom. The normalized spacial score (nSPS) is 36.0. The number of nitrogens with zero attached hydrogens (tertiary/aromatic N) is 1. The van der Waals surface area contributed by atoms with Gasteiger partial charge in [-0.25, -0.2) is 4.98 Å². The summed E-state index contributed by atoms with van der Waals surface area (Å²) in [5, 5.41) is 22.6. The van der Waals surface area contributed by atoms with Gasteiger partial charge in [-0.15, -0.1) is 11.3 Å². The molecule has 0 radical (unpaired) electrons. The SMILES string of the molecule is C/C(=C\c1cnc(C)s1)[C@@H]1C[C@@H]2O[C@@H]2CCC[C@H](C)[C@H](O)[C@H](C)C(=O)C(C)(C)[C@H](O)CC(=O)O1. The molecule has 0 bridgehead atoms. The van der Waals surface area contributed by atoms with E-state index in [9.17, 15) is 19.8 Å². The van der Waals surface area contributed by atoms with Crippen molar-refractivity contribution in [2.24, 2.45) is 17.3 Å². The molecule has 0 aliphatic carbocycles. The molecular formula is C26H39NO6S. The zero-order valence-corrected chi connectivity index (χ0v) is 21.9. The maximum absolute atomic E-state index is 13.2. The highest BCUT2D eigenvalue weighted by atomic mass is 32.1. The average Bonchev–Trinajstić information content (AvgIpc) is 3.38. The number of thiazole rings is 1. The van der Waals surface area contributed by atoms with E-state index in [1.54, 1.807) is 38.3 Å². The molecule has 0 spiro atoms. The van der Waals surface area contributed by atoms with E-state index < -0.39 is 35.6 Å². The van der Waals surface area contributed by atoms with Crippen molar-refractivity contribution < 1.29 is 29.3 Å². The van der Waals surface area contributed by atoms with E-state index >= 15 is 0 Å². The first kappa shape index (κ1) is 27.0. The van der Waals surface area contributed by atoms with Gasteiger partial charge in [-0.1, -0.05) is 34.1 Å². The van der Waals surface area contributed by atoms with Gasteiger partial charge >= 0.3 is 5.97 Å². The van der Waals surface area contributed by atoms with Crippen molar-refractivity contribution in [3.8, 4) is 0 Å². The van der Waals surface area contributed by atoms with Gasteiger partial charge in [0.25, 0.3) is 0 Å². The van der Waals surface area contributed by atoms with Gasteiger partial charge in [0.05, 0.1) is 41.3 Å². The molecule has 1 aromatic rings. The van der Waals surface area contributed by atoms with Crippen LogP contribution in [0.1, 0.15) is 76.6 Å². The van der Waals surface area contributed by atoms with Crippen LogP contribution in [0.15, 0.2) is 11.8 Å². The minimum Gasteiger partial charge on any atom is -0.458 e. The van der Waals surface area contributed by atoms with Crippen LogP contribution in [0.5, 0.6) is 0 Å². The lowest BCUT2D eigenvalue weighted by molar-refractivity contribution is -0.154. The highest BCUT2D eigenvalue weighted by molar-refractivity contribution is 7.12. The van der Waals surface area contributed by atoms with Crippen LogP contribution < -0.4 is 0 Å². The number of aryl methyl sites for hydroxylation is 1. The summed E-state index contributed by atoms with van der Waals surface area (Å²) >= 11 is 1.57. The molecule has 2 fully saturated rings. The van der Waals surface area contributed by atoms with Gasteiger partial charge < -0.3 is 19.7 Å². The molecule has 2 aliphatic heterocycles. The minimum atomic E-state index is -1.22. The number of ether oxygens (including phenoxy) is 2. The van der Waals surface area contributed by atoms with Crippen LogP contribution in [-0.4, -0.2) is 57.5 Å². The summed E-state index contributed by atoms with van der Waals surface area (Å²) < 4.78 is 11.7. The number of rotatable bonds is 2. The highest BCUT2D eigenvalue weighted by Crippen LogP contribution is 2.36. The van der Waals surface area contributed by atoms with Gasteiger partial charge in [0.2, 0.25) is 0 Å². The first-order valence-corrected chi connectivity index (χ1v) is 13.1. The third-order valence-corrected chi connectivity index (χ3v) is 8.27. The van der Waals surface area contributed by atoms with Gasteiger partial charge in [0.15, 0.2) is 0 Å². The van der Waals surface area contributed by atoms with Gasteiger partial charge in [-0.2, -0.15) is 0 Å². The summed E-state index contributed by atoms with van der Waals surface area (Å²) in [6, 6.07) is 0. The molecule has 34 heavy (non-hydrogen) atoms. The highest BCUT2D eigenvalue weighted by Gasteiger charge is 2.44. The van der Waals surface area contributed by atoms with Gasteiger partial charge in [0, 0.05) is 23.4 Å². The summed E-state index contributed by atoms with van der Waals surface area (Å²) in [7, 11) is 0. The minimum absolute atomic E-state index is 0.0133. The lowest BCUT2D eigenvalue weighted by atomic mass is 9.73. The molecule has 8 heteroatoms. The van der Waals surface area contributed by atoms with Crippen LogP contribution in [0.25, 0.3) is 6.08 Å². The van der Waals surface area contributed by atoms with Crippen LogP contribution in [0, 0.1) is 24.2 Å². The second kappa shape index (κ2) is 11.0. The fourth-order valence-corrected chi connectivity index (χ4v) is 5.57. The predicted octanol–water partition coefficient (Wildman–Crippen LogP) is 4.09. The van der Waals surface area contributed by atoms with Gasteiger partial charge in [-0.3, -0.25) is 9.59 Å². The molecule has 3 heterocycles. The number of esters is 1.